The summed E-state index contributed by atoms with van der Waals surface area (Å²) < 4.78 is 2.23. The van der Waals surface area contributed by atoms with Gasteiger partial charge in [-0.1, -0.05) is 74.5 Å². The van der Waals surface area contributed by atoms with E-state index >= 15 is 0 Å². The molecule has 3 heterocycles. The van der Waals surface area contributed by atoms with E-state index in [1.165, 1.54) is 11.1 Å². The number of nitrogens with zero attached hydrogens (tertiary/aromatic N) is 6. The average molecular weight is 587 g/mol. The van der Waals surface area contributed by atoms with Gasteiger partial charge in [0.15, 0.2) is 5.65 Å². The van der Waals surface area contributed by atoms with Crippen LogP contribution < -0.4 is 0 Å². The van der Waals surface area contributed by atoms with Crippen molar-refractivity contribution in [3.8, 4) is 0 Å². The SMILES string of the molecule is Cc1ccc2c(c1)c1nnc(SCCCCC(=O)N3CCN(C(=O)CC(C)(C)C)C(C)C3)nc1n2Cc1ccccc1. The van der Waals surface area contributed by atoms with Crippen LogP contribution in [0.25, 0.3) is 22.1 Å². The summed E-state index contributed by atoms with van der Waals surface area (Å²) in [7, 11) is 0. The number of hydrogen-bond acceptors (Lipinski definition) is 6. The van der Waals surface area contributed by atoms with Crippen molar-refractivity contribution in [1.82, 2.24) is 29.5 Å². The molecule has 8 nitrogen and oxygen atoms in total. The Morgan fingerprint density at radius 2 is 1.79 bits per heavy atom. The van der Waals surface area contributed by atoms with Crippen molar-refractivity contribution in [2.45, 2.75) is 78.0 Å². The standard InChI is InChI=1S/C33H42N6O2S/c1-23-14-15-27-26(19-23)30-31(39(27)22-25-11-7-6-8-12-25)34-32(36-35-30)42-18-10-9-13-28(40)37-16-17-38(24(2)21-37)29(41)20-33(3,4)5/h6-8,11-12,14-15,19,24H,9-10,13,16-18,20-22H2,1-5H3. The summed E-state index contributed by atoms with van der Waals surface area (Å²) in [4.78, 5) is 34.4. The Morgan fingerprint density at radius 1 is 1.00 bits per heavy atom. The molecule has 2 amide bonds. The van der Waals surface area contributed by atoms with Crippen molar-refractivity contribution in [1.29, 1.82) is 0 Å². The molecule has 1 aliphatic rings. The van der Waals surface area contributed by atoms with Crippen LogP contribution in [0.3, 0.4) is 0 Å². The molecular weight excluding hydrogens is 544 g/mol. The van der Waals surface area contributed by atoms with E-state index in [1.807, 2.05) is 22.8 Å². The minimum atomic E-state index is -0.0334. The Morgan fingerprint density at radius 3 is 2.52 bits per heavy atom. The number of aryl methyl sites for hydroxylation is 1. The number of hydrogen-bond donors (Lipinski definition) is 0. The highest BCUT2D eigenvalue weighted by Gasteiger charge is 2.31. The van der Waals surface area contributed by atoms with Crippen LogP contribution in [0.1, 0.15) is 64.5 Å². The second kappa shape index (κ2) is 12.8. The molecule has 5 rings (SSSR count). The molecule has 0 bridgehead atoms. The van der Waals surface area contributed by atoms with E-state index in [1.54, 1.807) is 11.8 Å². The van der Waals surface area contributed by atoms with Gasteiger partial charge in [-0.3, -0.25) is 9.59 Å². The number of rotatable bonds is 9. The molecule has 1 aliphatic heterocycles. The lowest BCUT2D eigenvalue weighted by Gasteiger charge is -2.41. The molecule has 2 aromatic carbocycles. The number of carbonyl (C=O) groups is 2. The van der Waals surface area contributed by atoms with Crippen LogP contribution in [0, 0.1) is 12.3 Å². The van der Waals surface area contributed by atoms with Gasteiger partial charge in [-0.2, -0.15) is 0 Å². The maximum Gasteiger partial charge on any atom is 0.223 e. The fourth-order valence-electron chi connectivity index (χ4n) is 5.65. The maximum atomic E-state index is 12.9. The zero-order chi connectivity index (χ0) is 29.9. The minimum absolute atomic E-state index is 0.0334. The molecule has 0 N–H and O–H groups in total. The minimum Gasteiger partial charge on any atom is -0.339 e. The lowest BCUT2D eigenvalue weighted by Crippen LogP contribution is -2.55. The average Bonchev–Trinajstić information content (AvgIpc) is 3.24. The van der Waals surface area contributed by atoms with Crippen molar-refractivity contribution in [3.05, 3.63) is 59.7 Å². The van der Waals surface area contributed by atoms with Crippen LogP contribution in [0.15, 0.2) is 53.7 Å². The zero-order valence-corrected chi connectivity index (χ0v) is 26.3. The monoisotopic (exact) mass is 586 g/mol. The van der Waals surface area contributed by atoms with Crippen molar-refractivity contribution in [2.75, 3.05) is 25.4 Å². The highest BCUT2D eigenvalue weighted by atomic mass is 32.2. The third kappa shape index (κ3) is 7.12. The highest BCUT2D eigenvalue weighted by Crippen LogP contribution is 2.29. The van der Waals surface area contributed by atoms with Gasteiger partial charge in [-0.15, -0.1) is 10.2 Å². The molecule has 222 valence electrons. The fourth-order valence-corrected chi connectivity index (χ4v) is 6.43. The van der Waals surface area contributed by atoms with Crippen molar-refractivity contribution in [2.24, 2.45) is 5.41 Å². The second-order valence-corrected chi connectivity index (χ2v) is 13.7. The Kier molecular flexibility index (Phi) is 9.16. The lowest BCUT2D eigenvalue weighted by atomic mass is 9.91. The van der Waals surface area contributed by atoms with Crippen LogP contribution in [-0.4, -0.2) is 72.8 Å². The Bertz CT molecular complexity index is 1560. The topological polar surface area (TPSA) is 84.2 Å². The van der Waals surface area contributed by atoms with Crippen molar-refractivity contribution >= 4 is 45.6 Å². The van der Waals surface area contributed by atoms with Crippen LogP contribution >= 0.6 is 11.8 Å². The van der Waals surface area contributed by atoms with Gasteiger partial charge in [-0.25, -0.2) is 4.98 Å². The summed E-state index contributed by atoms with van der Waals surface area (Å²) in [6, 6.07) is 16.9. The van der Waals surface area contributed by atoms with Crippen LogP contribution in [0.5, 0.6) is 0 Å². The van der Waals surface area contributed by atoms with Gasteiger partial charge < -0.3 is 14.4 Å². The molecule has 1 fully saturated rings. The third-order valence-corrected chi connectivity index (χ3v) is 8.71. The number of piperazine rings is 1. The fraction of sp³-hybridized carbons (Fsp3) is 0.485. The molecule has 1 saturated heterocycles. The molecule has 0 aliphatic carbocycles. The summed E-state index contributed by atoms with van der Waals surface area (Å²) in [6.07, 6.45) is 2.76. The van der Waals surface area contributed by atoms with Gasteiger partial charge in [0.2, 0.25) is 17.0 Å². The summed E-state index contributed by atoms with van der Waals surface area (Å²) in [6.45, 7) is 12.9. The first-order valence-electron chi connectivity index (χ1n) is 15.0. The highest BCUT2D eigenvalue weighted by molar-refractivity contribution is 7.99. The number of benzene rings is 2. The van der Waals surface area contributed by atoms with E-state index < -0.39 is 0 Å². The molecular formula is C33H42N6O2S. The van der Waals surface area contributed by atoms with E-state index in [9.17, 15) is 9.59 Å². The first kappa shape index (κ1) is 30.0. The normalized spacial score (nSPS) is 16.0. The summed E-state index contributed by atoms with van der Waals surface area (Å²) in [5.41, 5.74) is 5.14. The summed E-state index contributed by atoms with van der Waals surface area (Å²) >= 11 is 1.59. The molecule has 0 spiro atoms. The van der Waals surface area contributed by atoms with Gasteiger partial charge in [0, 0.05) is 56.2 Å². The van der Waals surface area contributed by atoms with Gasteiger partial charge in [0.1, 0.15) is 5.52 Å². The maximum absolute atomic E-state index is 12.9. The lowest BCUT2D eigenvalue weighted by molar-refractivity contribution is -0.143. The zero-order valence-electron chi connectivity index (χ0n) is 25.5. The van der Waals surface area contributed by atoms with Gasteiger partial charge >= 0.3 is 0 Å². The van der Waals surface area contributed by atoms with E-state index in [0.29, 0.717) is 44.2 Å². The first-order valence-corrected chi connectivity index (χ1v) is 15.9. The molecule has 1 atom stereocenters. The number of fused-ring (bicyclic) bond motifs is 3. The van der Waals surface area contributed by atoms with E-state index in [4.69, 9.17) is 4.98 Å². The third-order valence-electron chi connectivity index (χ3n) is 7.78. The summed E-state index contributed by atoms with van der Waals surface area (Å²) in [5, 5.41) is 10.8. The van der Waals surface area contributed by atoms with Crippen LogP contribution in [-0.2, 0) is 16.1 Å². The number of thioether (sulfide) groups is 1. The molecule has 42 heavy (non-hydrogen) atoms. The summed E-state index contributed by atoms with van der Waals surface area (Å²) in [5.74, 6) is 1.18. The van der Waals surface area contributed by atoms with E-state index in [2.05, 4.69) is 84.9 Å². The van der Waals surface area contributed by atoms with Gasteiger partial charge in [0.25, 0.3) is 0 Å². The molecule has 2 aromatic heterocycles. The molecule has 0 saturated carbocycles. The number of carbonyl (C=O) groups excluding carboxylic acids is 2. The van der Waals surface area contributed by atoms with Crippen LogP contribution in [0.4, 0.5) is 0 Å². The van der Waals surface area contributed by atoms with Gasteiger partial charge in [-0.05, 0) is 49.8 Å². The quantitative estimate of drug-likeness (QED) is 0.174. The Hall–Kier alpha value is -3.46. The van der Waals surface area contributed by atoms with E-state index in [-0.39, 0.29) is 23.3 Å². The predicted molar refractivity (Wildman–Crippen MR) is 170 cm³/mol. The Labute approximate surface area is 252 Å². The smallest absolute Gasteiger partial charge is 0.223 e. The largest absolute Gasteiger partial charge is 0.339 e. The number of aromatic nitrogens is 4. The number of unbranched alkanes of at least 4 members (excludes halogenated alkanes) is 1. The molecule has 9 heteroatoms. The predicted octanol–water partition coefficient (Wildman–Crippen LogP) is 6.09. The van der Waals surface area contributed by atoms with Gasteiger partial charge in [0.05, 0.1) is 5.52 Å². The first-order chi connectivity index (χ1) is 20.1. The number of amides is 2. The molecule has 0 radical (unpaired) electrons. The molecule has 1 unspecified atom stereocenters. The molecule has 4 aromatic rings. The second-order valence-electron chi connectivity index (χ2n) is 12.7. The van der Waals surface area contributed by atoms with Crippen molar-refractivity contribution < 1.29 is 9.59 Å². The van der Waals surface area contributed by atoms with Crippen LogP contribution in [0.2, 0.25) is 0 Å². The Balaban J connectivity index is 1.15. The van der Waals surface area contributed by atoms with Crippen molar-refractivity contribution in [3.63, 3.8) is 0 Å². The van der Waals surface area contributed by atoms with E-state index in [0.717, 1.165) is 40.7 Å².